The molecule has 0 radical (unpaired) electrons. The molecule has 0 saturated carbocycles. The van der Waals surface area contributed by atoms with Crippen molar-refractivity contribution in [2.75, 3.05) is 4.90 Å². The molecule has 150 valence electrons. The molecule has 1 aromatic heterocycles. The minimum atomic E-state index is -0.0525. The topological polar surface area (TPSA) is 33.4 Å². The number of aryl methyl sites for hydroxylation is 1. The van der Waals surface area contributed by atoms with Gasteiger partial charge in [0.2, 0.25) is 0 Å². The van der Waals surface area contributed by atoms with Crippen LogP contribution < -0.4 is 4.90 Å². The van der Waals surface area contributed by atoms with Gasteiger partial charge in [-0.25, -0.2) is 9.67 Å². The van der Waals surface area contributed by atoms with Gasteiger partial charge >= 0.3 is 0 Å². The van der Waals surface area contributed by atoms with Crippen molar-refractivity contribution in [3.63, 3.8) is 0 Å². The lowest BCUT2D eigenvalue weighted by atomic mass is 9.92. The van der Waals surface area contributed by atoms with E-state index >= 15 is 0 Å². The highest BCUT2D eigenvalue weighted by atomic mass is 35.5. The molecule has 4 aromatic rings. The van der Waals surface area contributed by atoms with Crippen LogP contribution in [0.3, 0.4) is 0 Å². The molecule has 0 fully saturated rings. The lowest BCUT2D eigenvalue weighted by molar-refractivity contribution is 0.813. The zero-order valence-corrected chi connectivity index (χ0v) is 17.7. The predicted molar refractivity (Wildman–Crippen MR) is 127 cm³/mol. The van der Waals surface area contributed by atoms with Crippen LogP contribution in [0.15, 0.2) is 89.9 Å². The Hall–Kier alpha value is -3.63. The molecule has 31 heavy (non-hydrogen) atoms. The Kier molecular flexibility index (Phi) is 4.08. The number of rotatable bonds is 2. The summed E-state index contributed by atoms with van der Waals surface area (Å²) in [6.45, 7) is 2.06. The van der Waals surface area contributed by atoms with Gasteiger partial charge in [0.25, 0.3) is 0 Å². The smallest absolute Gasteiger partial charge is 0.163 e. The predicted octanol–water partition coefficient (Wildman–Crippen LogP) is 6.50. The van der Waals surface area contributed by atoms with E-state index in [9.17, 15) is 0 Å². The molecule has 4 nitrogen and oxygen atoms in total. The number of hydrogen-bond acceptors (Lipinski definition) is 3. The van der Waals surface area contributed by atoms with Crippen LogP contribution in [0.4, 0.5) is 11.5 Å². The first-order valence-corrected chi connectivity index (χ1v) is 10.6. The largest absolute Gasteiger partial charge is 0.314 e. The summed E-state index contributed by atoms with van der Waals surface area (Å²) in [6, 6.07) is 26.6. The van der Waals surface area contributed by atoms with Crippen molar-refractivity contribution in [1.82, 2.24) is 9.78 Å². The number of nitrogens with zero attached hydrogens (tertiary/aromatic N) is 4. The molecule has 0 saturated heterocycles. The quantitative estimate of drug-likeness (QED) is 0.369. The standard InChI is InChI=1S/C26H19ClN4/c1-17-24-25(19-11-14-20(27)15-12-19)30-22-10-6-5-7-18(22)13-16-23(30)28-26(24)31(29-17)21-8-3-2-4-9-21/h2-16,25H,1H3/t25-/m1/s1. The van der Waals surface area contributed by atoms with Crippen LogP contribution in [0.5, 0.6) is 0 Å². The summed E-state index contributed by atoms with van der Waals surface area (Å²) >= 11 is 6.22. The van der Waals surface area contributed by atoms with Gasteiger partial charge in [0.1, 0.15) is 5.84 Å². The van der Waals surface area contributed by atoms with Crippen LogP contribution in [0.2, 0.25) is 5.02 Å². The third-order valence-electron chi connectivity index (χ3n) is 5.87. The Balaban J connectivity index is 1.64. The molecule has 3 heterocycles. The van der Waals surface area contributed by atoms with Crippen LogP contribution in [0.25, 0.3) is 11.8 Å². The molecule has 0 N–H and O–H groups in total. The highest BCUT2D eigenvalue weighted by Gasteiger charge is 2.37. The second-order valence-electron chi connectivity index (χ2n) is 7.76. The highest BCUT2D eigenvalue weighted by molar-refractivity contribution is 6.30. The van der Waals surface area contributed by atoms with E-state index in [1.165, 1.54) is 5.56 Å². The normalized spacial score (nSPS) is 16.4. The number of fused-ring (bicyclic) bond motifs is 4. The second-order valence-corrected chi connectivity index (χ2v) is 8.19. The third-order valence-corrected chi connectivity index (χ3v) is 6.13. The summed E-state index contributed by atoms with van der Waals surface area (Å²) in [5, 5.41) is 5.63. The molecule has 0 unspecified atom stereocenters. The van der Waals surface area contributed by atoms with Gasteiger partial charge < -0.3 is 4.90 Å². The summed E-state index contributed by atoms with van der Waals surface area (Å²) in [5.41, 5.74) is 6.55. The zero-order chi connectivity index (χ0) is 20.9. The molecule has 0 bridgehead atoms. The molecule has 0 spiro atoms. The number of aliphatic imine (C=N–C) groups is 1. The van der Waals surface area contributed by atoms with Gasteiger partial charge in [0, 0.05) is 10.6 Å². The molecule has 0 amide bonds. The van der Waals surface area contributed by atoms with Crippen LogP contribution in [0, 0.1) is 6.92 Å². The maximum Gasteiger partial charge on any atom is 0.163 e. The van der Waals surface area contributed by atoms with E-state index in [2.05, 4.69) is 72.5 Å². The maximum absolute atomic E-state index is 6.22. The second kappa shape index (κ2) is 6.96. The summed E-state index contributed by atoms with van der Waals surface area (Å²) in [6.07, 6.45) is 4.22. The fourth-order valence-corrected chi connectivity index (χ4v) is 4.61. The van der Waals surface area contributed by atoms with Gasteiger partial charge in [-0.15, -0.1) is 0 Å². The van der Waals surface area contributed by atoms with Crippen molar-refractivity contribution in [2.45, 2.75) is 13.0 Å². The number of benzene rings is 3. The SMILES string of the molecule is Cc1nn(-c2ccccc2)c2c1[C@@H](c1ccc(Cl)cc1)N1C(=N2)C=Cc2ccccc21. The van der Waals surface area contributed by atoms with E-state index in [-0.39, 0.29) is 6.04 Å². The molecular formula is C26H19ClN4. The first-order valence-electron chi connectivity index (χ1n) is 10.3. The average Bonchev–Trinajstić information content (AvgIpc) is 3.15. The number of anilines is 1. The van der Waals surface area contributed by atoms with Crippen LogP contribution >= 0.6 is 11.6 Å². The van der Waals surface area contributed by atoms with Gasteiger partial charge in [-0.05, 0) is 60.5 Å². The van der Waals surface area contributed by atoms with Crippen LogP contribution in [-0.4, -0.2) is 15.6 Å². The minimum Gasteiger partial charge on any atom is -0.314 e. The minimum absolute atomic E-state index is 0.0525. The Bertz CT molecular complexity index is 1350. The highest BCUT2D eigenvalue weighted by Crippen LogP contribution is 2.46. The number of amidine groups is 1. The van der Waals surface area contributed by atoms with Crippen molar-refractivity contribution in [2.24, 2.45) is 4.99 Å². The van der Waals surface area contributed by atoms with Gasteiger partial charge in [-0.3, -0.25) is 0 Å². The fraction of sp³-hybridized carbons (Fsp3) is 0.0769. The fourth-order valence-electron chi connectivity index (χ4n) is 4.48. The summed E-state index contributed by atoms with van der Waals surface area (Å²) in [5.74, 6) is 1.78. The zero-order valence-electron chi connectivity index (χ0n) is 16.9. The summed E-state index contributed by atoms with van der Waals surface area (Å²) in [7, 11) is 0. The molecule has 2 aliphatic heterocycles. The number of hydrogen-bond donors (Lipinski definition) is 0. The van der Waals surface area contributed by atoms with E-state index in [0.29, 0.717) is 0 Å². The Labute approximate surface area is 185 Å². The molecule has 1 atom stereocenters. The molecular weight excluding hydrogens is 404 g/mol. The van der Waals surface area contributed by atoms with E-state index in [1.807, 2.05) is 35.0 Å². The van der Waals surface area contributed by atoms with Crippen LogP contribution in [-0.2, 0) is 0 Å². The Morgan fingerprint density at radius 2 is 1.58 bits per heavy atom. The first-order chi connectivity index (χ1) is 15.2. The van der Waals surface area contributed by atoms with Crippen molar-refractivity contribution >= 4 is 35.0 Å². The van der Waals surface area contributed by atoms with E-state index < -0.39 is 0 Å². The molecule has 5 heteroatoms. The van der Waals surface area contributed by atoms with Crippen molar-refractivity contribution in [1.29, 1.82) is 0 Å². The van der Waals surface area contributed by atoms with Crippen molar-refractivity contribution in [3.05, 3.63) is 112 Å². The maximum atomic E-state index is 6.22. The number of para-hydroxylation sites is 2. The number of aromatic nitrogens is 2. The lowest BCUT2D eigenvalue weighted by Crippen LogP contribution is -2.38. The lowest BCUT2D eigenvalue weighted by Gasteiger charge is -2.39. The molecule has 2 aliphatic rings. The number of halogens is 1. The van der Waals surface area contributed by atoms with Gasteiger partial charge in [0.05, 0.1) is 23.1 Å². The molecule has 0 aliphatic carbocycles. The van der Waals surface area contributed by atoms with Crippen molar-refractivity contribution < 1.29 is 0 Å². The first kappa shape index (κ1) is 18.2. The summed E-state index contributed by atoms with van der Waals surface area (Å²) < 4.78 is 1.95. The van der Waals surface area contributed by atoms with Gasteiger partial charge in [0.15, 0.2) is 5.82 Å². The van der Waals surface area contributed by atoms with Gasteiger partial charge in [-0.2, -0.15) is 5.10 Å². The monoisotopic (exact) mass is 422 g/mol. The third kappa shape index (κ3) is 2.83. The molecule has 6 rings (SSSR count). The Morgan fingerprint density at radius 3 is 2.39 bits per heavy atom. The van der Waals surface area contributed by atoms with Crippen LogP contribution in [0.1, 0.15) is 28.4 Å². The summed E-state index contributed by atoms with van der Waals surface area (Å²) in [4.78, 5) is 7.40. The van der Waals surface area contributed by atoms with E-state index in [4.69, 9.17) is 21.7 Å². The van der Waals surface area contributed by atoms with Crippen molar-refractivity contribution in [3.8, 4) is 5.69 Å². The van der Waals surface area contributed by atoms with E-state index in [0.717, 1.165) is 44.9 Å². The van der Waals surface area contributed by atoms with Gasteiger partial charge in [-0.1, -0.05) is 60.1 Å². The average molecular weight is 423 g/mol. The molecule has 3 aromatic carbocycles. The Morgan fingerprint density at radius 1 is 0.839 bits per heavy atom. The van der Waals surface area contributed by atoms with E-state index in [1.54, 1.807) is 0 Å².